The van der Waals surface area contributed by atoms with Crippen LogP contribution in [0, 0.1) is 25.2 Å². The van der Waals surface area contributed by atoms with Crippen molar-refractivity contribution in [3.8, 4) is 17.3 Å². The Kier molecular flexibility index (Phi) is 2.75. The van der Waals surface area contributed by atoms with E-state index in [0.717, 1.165) is 42.3 Å². The topological polar surface area (TPSA) is 53.6 Å². The quantitative estimate of drug-likeness (QED) is 0.849. The lowest BCUT2D eigenvalue weighted by Gasteiger charge is -2.15. The number of hydrogen-bond acceptors (Lipinski definition) is 3. The SMILES string of the molecule is Cc1ccc(C)c(-c2nc3n(c2C#N)CCCN3)c1. The normalized spacial score (nSPS) is 13.5. The van der Waals surface area contributed by atoms with Gasteiger partial charge in [-0.05, 0) is 31.9 Å². The van der Waals surface area contributed by atoms with Crippen molar-refractivity contribution in [3.05, 3.63) is 35.0 Å². The van der Waals surface area contributed by atoms with E-state index in [2.05, 4.69) is 48.4 Å². The third-order valence-electron chi connectivity index (χ3n) is 3.56. The summed E-state index contributed by atoms with van der Waals surface area (Å²) in [6.45, 7) is 5.90. The highest BCUT2D eigenvalue weighted by molar-refractivity contribution is 5.71. The smallest absolute Gasteiger partial charge is 0.204 e. The summed E-state index contributed by atoms with van der Waals surface area (Å²) in [5, 5.41) is 12.7. The van der Waals surface area contributed by atoms with Crippen molar-refractivity contribution in [2.45, 2.75) is 26.8 Å². The molecule has 0 aliphatic carbocycles. The van der Waals surface area contributed by atoms with Crippen LogP contribution in [0.2, 0.25) is 0 Å². The maximum atomic E-state index is 9.45. The second kappa shape index (κ2) is 4.43. The molecule has 96 valence electrons. The van der Waals surface area contributed by atoms with Crippen molar-refractivity contribution in [3.63, 3.8) is 0 Å². The third-order valence-corrected chi connectivity index (χ3v) is 3.56. The predicted molar refractivity (Wildman–Crippen MR) is 75.0 cm³/mol. The van der Waals surface area contributed by atoms with Crippen LogP contribution in [-0.2, 0) is 6.54 Å². The number of nitriles is 1. The molecule has 4 heteroatoms. The predicted octanol–water partition coefficient (Wildman–Crippen LogP) is 2.85. The Morgan fingerprint density at radius 3 is 3.00 bits per heavy atom. The maximum Gasteiger partial charge on any atom is 0.204 e. The van der Waals surface area contributed by atoms with E-state index in [1.165, 1.54) is 5.56 Å². The summed E-state index contributed by atoms with van der Waals surface area (Å²) in [5.41, 5.74) is 4.85. The first-order valence-electron chi connectivity index (χ1n) is 6.53. The summed E-state index contributed by atoms with van der Waals surface area (Å²) < 4.78 is 1.99. The van der Waals surface area contributed by atoms with E-state index < -0.39 is 0 Å². The number of imidazole rings is 1. The van der Waals surface area contributed by atoms with Gasteiger partial charge >= 0.3 is 0 Å². The third kappa shape index (κ3) is 1.88. The number of aryl methyl sites for hydroxylation is 2. The van der Waals surface area contributed by atoms with E-state index in [1.54, 1.807) is 0 Å². The van der Waals surface area contributed by atoms with Gasteiger partial charge in [0, 0.05) is 18.7 Å². The molecule has 0 amide bonds. The zero-order chi connectivity index (χ0) is 13.4. The van der Waals surface area contributed by atoms with E-state index in [4.69, 9.17) is 0 Å². The number of fused-ring (bicyclic) bond motifs is 1. The Morgan fingerprint density at radius 2 is 2.21 bits per heavy atom. The number of nitrogens with zero attached hydrogens (tertiary/aromatic N) is 3. The van der Waals surface area contributed by atoms with Crippen LogP contribution in [0.5, 0.6) is 0 Å². The van der Waals surface area contributed by atoms with Gasteiger partial charge in [0.15, 0.2) is 0 Å². The molecule has 1 N–H and O–H groups in total. The summed E-state index contributed by atoms with van der Waals surface area (Å²) in [4.78, 5) is 4.62. The van der Waals surface area contributed by atoms with Crippen LogP contribution in [0.1, 0.15) is 23.2 Å². The van der Waals surface area contributed by atoms with Crippen LogP contribution in [0.3, 0.4) is 0 Å². The fraction of sp³-hybridized carbons (Fsp3) is 0.333. The fourth-order valence-electron chi connectivity index (χ4n) is 2.54. The largest absolute Gasteiger partial charge is 0.356 e. The number of hydrogen-bond donors (Lipinski definition) is 1. The molecular formula is C15H16N4. The molecule has 1 aliphatic heterocycles. The Bertz CT molecular complexity index is 676. The van der Waals surface area contributed by atoms with Crippen LogP contribution in [-0.4, -0.2) is 16.1 Å². The number of anilines is 1. The summed E-state index contributed by atoms with van der Waals surface area (Å²) in [6, 6.07) is 8.57. The minimum absolute atomic E-state index is 0.663. The second-order valence-electron chi connectivity index (χ2n) is 4.99. The summed E-state index contributed by atoms with van der Waals surface area (Å²) in [6.07, 6.45) is 1.03. The van der Waals surface area contributed by atoms with Gasteiger partial charge in [-0.3, -0.25) is 0 Å². The molecular weight excluding hydrogens is 236 g/mol. The van der Waals surface area contributed by atoms with E-state index in [9.17, 15) is 5.26 Å². The molecule has 0 unspecified atom stereocenters. The van der Waals surface area contributed by atoms with Crippen molar-refractivity contribution in [2.75, 3.05) is 11.9 Å². The number of aromatic nitrogens is 2. The van der Waals surface area contributed by atoms with Crippen molar-refractivity contribution >= 4 is 5.95 Å². The lowest BCUT2D eigenvalue weighted by atomic mass is 10.0. The molecule has 3 rings (SSSR count). The minimum Gasteiger partial charge on any atom is -0.356 e. The van der Waals surface area contributed by atoms with Crippen LogP contribution in [0.25, 0.3) is 11.3 Å². The van der Waals surface area contributed by atoms with E-state index in [1.807, 2.05) is 4.57 Å². The average molecular weight is 252 g/mol. The van der Waals surface area contributed by atoms with Crippen molar-refractivity contribution in [2.24, 2.45) is 0 Å². The summed E-state index contributed by atoms with van der Waals surface area (Å²) >= 11 is 0. The summed E-state index contributed by atoms with van der Waals surface area (Å²) in [5.74, 6) is 0.818. The maximum absolute atomic E-state index is 9.45. The molecule has 0 bridgehead atoms. The first-order chi connectivity index (χ1) is 9.20. The number of nitrogens with one attached hydrogen (secondary N) is 1. The van der Waals surface area contributed by atoms with Gasteiger partial charge in [0.05, 0.1) is 0 Å². The van der Waals surface area contributed by atoms with Crippen LogP contribution < -0.4 is 5.32 Å². The van der Waals surface area contributed by atoms with Crippen molar-refractivity contribution < 1.29 is 0 Å². The van der Waals surface area contributed by atoms with E-state index in [-0.39, 0.29) is 0 Å². The molecule has 2 aromatic rings. The molecule has 0 saturated heterocycles. The molecule has 0 fully saturated rings. The molecule has 0 saturated carbocycles. The van der Waals surface area contributed by atoms with Gasteiger partial charge in [0.1, 0.15) is 17.5 Å². The van der Waals surface area contributed by atoms with Crippen molar-refractivity contribution in [1.82, 2.24) is 9.55 Å². The van der Waals surface area contributed by atoms with Gasteiger partial charge in [-0.1, -0.05) is 17.7 Å². The first kappa shape index (κ1) is 11.8. The summed E-state index contributed by atoms with van der Waals surface area (Å²) in [7, 11) is 0. The Morgan fingerprint density at radius 1 is 1.37 bits per heavy atom. The highest BCUT2D eigenvalue weighted by Crippen LogP contribution is 2.30. The van der Waals surface area contributed by atoms with E-state index in [0.29, 0.717) is 5.69 Å². The molecule has 1 aromatic carbocycles. The number of rotatable bonds is 1. The highest BCUT2D eigenvalue weighted by Gasteiger charge is 2.21. The fourth-order valence-corrected chi connectivity index (χ4v) is 2.54. The number of benzene rings is 1. The molecule has 2 heterocycles. The minimum atomic E-state index is 0.663. The lowest BCUT2D eigenvalue weighted by molar-refractivity contribution is 0.622. The molecule has 0 atom stereocenters. The van der Waals surface area contributed by atoms with Crippen LogP contribution in [0.4, 0.5) is 5.95 Å². The van der Waals surface area contributed by atoms with Crippen molar-refractivity contribution in [1.29, 1.82) is 5.26 Å². The van der Waals surface area contributed by atoms with Gasteiger partial charge in [-0.15, -0.1) is 0 Å². The molecule has 1 aromatic heterocycles. The van der Waals surface area contributed by atoms with Gasteiger partial charge in [0.2, 0.25) is 5.95 Å². The molecule has 0 radical (unpaired) electrons. The first-order valence-corrected chi connectivity index (χ1v) is 6.53. The standard InChI is InChI=1S/C15H16N4/c1-10-4-5-11(2)12(8-10)14-13(9-16)19-7-3-6-17-15(19)18-14/h4-5,8H,3,6-7H2,1-2H3,(H,17,18). The molecule has 19 heavy (non-hydrogen) atoms. The Balaban J connectivity index is 2.23. The Labute approximate surface area is 112 Å². The van der Waals surface area contributed by atoms with Crippen LogP contribution in [0.15, 0.2) is 18.2 Å². The molecule has 4 nitrogen and oxygen atoms in total. The van der Waals surface area contributed by atoms with Gasteiger partial charge in [-0.2, -0.15) is 5.26 Å². The molecule has 0 spiro atoms. The second-order valence-corrected chi connectivity index (χ2v) is 4.99. The Hall–Kier alpha value is -2.28. The monoisotopic (exact) mass is 252 g/mol. The van der Waals surface area contributed by atoms with Crippen LogP contribution >= 0.6 is 0 Å². The van der Waals surface area contributed by atoms with E-state index >= 15 is 0 Å². The van der Waals surface area contributed by atoms with Gasteiger partial charge in [0.25, 0.3) is 0 Å². The lowest BCUT2D eigenvalue weighted by Crippen LogP contribution is -2.18. The molecule has 1 aliphatic rings. The zero-order valence-corrected chi connectivity index (χ0v) is 11.2. The van der Waals surface area contributed by atoms with Gasteiger partial charge < -0.3 is 9.88 Å². The van der Waals surface area contributed by atoms with Gasteiger partial charge in [-0.25, -0.2) is 4.98 Å². The average Bonchev–Trinajstić information content (AvgIpc) is 2.79. The zero-order valence-electron chi connectivity index (χ0n) is 11.2. The highest BCUT2D eigenvalue weighted by atomic mass is 15.2.